The van der Waals surface area contributed by atoms with Gasteiger partial charge in [-0.3, -0.25) is 0 Å². The highest BCUT2D eigenvalue weighted by Gasteiger charge is 2.38. The zero-order valence-corrected chi connectivity index (χ0v) is 14.5. The molecule has 0 saturated carbocycles. The van der Waals surface area contributed by atoms with Crippen LogP contribution in [0.5, 0.6) is 5.75 Å². The lowest BCUT2D eigenvalue weighted by Crippen LogP contribution is -2.36. The number of benzene rings is 2. The highest BCUT2D eigenvalue weighted by Crippen LogP contribution is 2.45. The van der Waals surface area contributed by atoms with Gasteiger partial charge in [0.25, 0.3) is 0 Å². The van der Waals surface area contributed by atoms with E-state index in [9.17, 15) is 5.11 Å². The summed E-state index contributed by atoms with van der Waals surface area (Å²) in [5.74, 6) is 0.701. The Morgan fingerprint density at radius 3 is 2.35 bits per heavy atom. The molecule has 3 N–H and O–H groups in total. The zero-order valence-electron chi connectivity index (χ0n) is 14.5. The van der Waals surface area contributed by atoms with Crippen LogP contribution in [0.1, 0.15) is 50.3 Å². The van der Waals surface area contributed by atoms with E-state index in [1.807, 2.05) is 18.2 Å². The fourth-order valence-electron chi connectivity index (χ4n) is 3.72. The van der Waals surface area contributed by atoms with Gasteiger partial charge in [0.2, 0.25) is 0 Å². The standard InChI is InChI=1S/C21H29NO/c1-4-8-17-11-12-20(23)19(15-17)21(13-14-22,16(2)3)18-9-6-5-7-10-18/h5-7,9-12,15-16,23H,4,8,13-14,22H2,1-3H3. The number of phenolic OH excluding ortho intramolecular Hbond substituents is 1. The van der Waals surface area contributed by atoms with Crippen LogP contribution in [0.3, 0.4) is 0 Å². The lowest BCUT2D eigenvalue weighted by molar-refractivity contribution is 0.333. The molecule has 2 rings (SSSR count). The first-order chi connectivity index (χ1) is 11.1. The molecule has 0 bridgehead atoms. The van der Waals surface area contributed by atoms with Gasteiger partial charge < -0.3 is 10.8 Å². The topological polar surface area (TPSA) is 46.2 Å². The van der Waals surface area contributed by atoms with Crippen LogP contribution in [-0.4, -0.2) is 11.7 Å². The molecule has 0 aliphatic rings. The van der Waals surface area contributed by atoms with Crippen LogP contribution < -0.4 is 5.73 Å². The lowest BCUT2D eigenvalue weighted by Gasteiger charge is -2.39. The van der Waals surface area contributed by atoms with Gasteiger partial charge in [0.05, 0.1) is 0 Å². The molecule has 2 heteroatoms. The van der Waals surface area contributed by atoms with Crippen LogP contribution >= 0.6 is 0 Å². The maximum Gasteiger partial charge on any atom is 0.119 e. The molecule has 0 aliphatic heterocycles. The maximum absolute atomic E-state index is 10.6. The third-order valence-corrected chi connectivity index (χ3v) is 4.89. The summed E-state index contributed by atoms with van der Waals surface area (Å²) >= 11 is 0. The minimum atomic E-state index is -0.260. The first-order valence-electron chi connectivity index (χ1n) is 8.64. The van der Waals surface area contributed by atoms with Gasteiger partial charge >= 0.3 is 0 Å². The normalized spacial score (nSPS) is 14.0. The van der Waals surface area contributed by atoms with Crippen LogP contribution in [-0.2, 0) is 11.8 Å². The first kappa shape index (κ1) is 17.6. The summed E-state index contributed by atoms with van der Waals surface area (Å²) in [4.78, 5) is 0. The van der Waals surface area contributed by atoms with E-state index in [0.717, 1.165) is 24.8 Å². The average Bonchev–Trinajstić information content (AvgIpc) is 2.55. The predicted octanol–water partition coefficient (Wildman–Crippen LogP) is 4.64. The second-order valence-electron chi connectivity index (χ2n) is 6.63. The summed E-state index contributed by atoms with van der Waals surface area (Å²) in [6.07, 6.45) is 2.94. The van der Waals surface area contributed by atoms with E-state index < -0.39 is 0 Å². The lowest BCUT2D eigenvalue weighted by atomic mass is 9.64. The molecule has 2 nitrogen and oxygen atoms in total. The quantitative estimate of drug-likeness (QED) is 0.782. The van der Waals surface area contributed by atoms with E-state index in [-0.39, 0.29) is 5.41 Å². The summed E-state index contributed by atoms with van der Waals surface area (Å²) in [6.45, 7) is 7.20. The largest absolute Gasteiger partial charge is 0.508 e. The van der Waals surface area contributed by atoms with Crippen molar-refractivity contribution >= 4 is 0 Å². The molecule has 0 spiro atoms. The van der Waals surface area contributed by atoms with Crippen molar-refractivity contribution in [3.63, 3.8) is 0 Å². The molecule has 0 radical (unpaired) electrons. The number of aryl methyl sites for hydroxylation is 1. The number of hydrogen-bond acceptors (Lipinski definition) is 2. The summed E-state index contributed by atoms with van der Waals surface area (Å²) in [6, 6.07) is 16.5. The Kier molecular flexibility index (Phi) is 5.84. The minimum absolute atomic E-state index is 0.260. The van der Waals surface area contributed by atoms with Crippen LogP contribution in [0.4, 0.5) is 0 Å². The van der Waals surface area contributed by atoms with Crippen molar-refractivity contribution < 1.29 is 5.11 Å². The Hall–Kier alpha value is -1.80. The summed E-state index contributed by atoms with van der Waals surface area (Å²) in [7, 11) is 0. The zero-order chi connectivity index (χ0) is 16.9. The monoisotopic (exact) mass is 311 g/mol. The fraction of sp³-hybridized carbons (Fsp3) is 0.429. The molecular weight excluding hydrogens is 282 g/mol. The fourth-order valence-corrected chi connectivity index (χ4v) is 3.72. The van der Waals surface area contributed by atoms with Gasteiger partial charge in [0.15, 0.2) is 0 Å². The Morgan fingerprint density at radius 2 is 1.78 bits per heavy atom. The molecule has 0 heterocycles. The number of aromatic hydroxyl groups is 1. The Morgan fingerprint density at radius 1 is 1.09 bits per heavy atom. The minimum Gasteiger partial charge on any atom is -0.508 e. The predicted molar refractivity (Wildman–Crippen MR) is 97.8 cm³/mol. The van der Waals surface area contributed by atoms with Gasteiger partial charge in [0.1, 0.15) is 5.75 Å². The first-order valence-corrected chi connectivity index (χ1v) is 8.64. The molecule has 0 aliphatic carbocycles. The third-order valence-electron chi connectivity index (χ3n) is 4.89. The van der Waals surface area contributed by atoms with Crippen molar-refractivity contribution in [2.75, 3.05) is 6.54 Å². The van der Waals surface area contributed by atoms with E-state index in [1.165, 1.54) is 11.1 Å². The summed E-state index contributed by atoms with van der Waals surface area (Å²) in [5, 5.41) is 10.6. The van der Waals surface area contributed by atoms with Gasteiger partial charge in [-0.05, 0) is 42.5 Å². The van der Waals surface area contributed by atoms with Crippen molar-refractivity contribution in [1.29, 1.82) is 0 Å². The number of nitrogens with two attached hydrogens (primary N) is 1. The van der Waals surface area contributed by atoms with Crippen LogP contribution in [0, 0.1) is 5.92 Å². The molecule has 124 valence electrons. The number of phenols is 1. The number of hydrogen-bond donors (Lipinski definition) is 2. The Balaban J connectivity index is 2.69. The molecular formula is C21H29NO. The maximum atomic E-state index is 10.6. The molecule has 0 aromatic heterocycles. The SMILES string of the molecule is CCCc1ccc(O)c(C(CCN)(c2ccccc2)C(C)C)c1. The summed E-state index contributed by atoms with van der Waals surface area (Å²) in [5.41, 5.74) is 9.24. The van der Waals surface area contributed by atoms with Gasteiger partial charge in [-0.2, -0.15) is 0 Å². The molecule has 0 fully saturated rings. The van der Waals surface area contributed by atoms with E-state index in [4.69, 9.17) is 5.73 Å². The molecule has 1 unspecified atom stereocenters. The van der Waals surface area contributed by atoms with Crippen molar-refractivity contribution in [2.24, 2.45) is 11.7 Å². The van der Waals surface area contributed by atoms with Crippen LogP contribution in [0.2, 0.25) is 0 Å². The highest BCUT2D eigenvalue weighted by atomic mass is 16.3. The van der Waals surface area contributed by atoms with E-state index in [2.05, 4.69) is 51.1 Å². The third kappa shape index (κ3) is 3.42. The molecule has 0 saturated heterocycles. The van der Waals surface area contributed by atoms with Crippen molar-refractivity contribution in [3.8, 4) is 5.75 Å². The highest BCUT2D eigenvalue weighted by molar-refractivity contribution is 5.49. The van der Waals surface area contributed by atoms with Gasteiger partial charge in [-0.1, -0.05) is 69.7 Å². The van der Waals surface area contributed by atoms with Crippen LogP contribution in [0.15, 0.2) is 48.5 Å². The smallest absolute Gasteiger partial charge is 0.119 e. The van der Waals surface area contributed by atoms with Crippen molar-refractivity contribution in [1.82, 2.24) is 0 Å². The molecule has 2 aromatic carbocycles. The van der Waals surface area contributed by atoms with E-state index >= 15 is 0 Å². The average molecular weight is 311 g/mol. The second-order valence-corrected chi connectivity index (χ2v) is 6.63. The molecule has 0 amide bonds. The summed E-state index contributed by atoms with van der Waals surface area (Å²) < 4.78 is 0. The van der Waals surface area contributed by atoms with Gasteiger partial charge in [-0.25, -0.2) is 0 Å². The van der Waals surface area contributed by atoms with Gasteiger partial charge in [0, 0.05) is 11.0 Å². The molecule has 23 heavy (non-hydrogen) atoms. The second kappa shape index (κ2) is 7.65. The Bertz CT molecular complexity index is 621. The van der Waals surface area contributed by atoms with Crippen molar-refractivity contribution in [3.05, 3.63) is 65.2 Å². The Labute approximate surface area is 140 Å². The van der Waals surface area contributed by atoms with Gasteiger partial charge in [-0.15, -0.1) is 0 Å². The number of rotatable bonds is 7. The van der Waals surface area contributed by atoms with Crippen molar-refractivity contribution in [2.45, 2.75) is 45.4 Å². The van der Waals surface area contributed by atoms with Crippen LogP contribution in [0.25, 0.3) is 0 Å². The van der Waals surface area contributed by atoms with E-state index in [0.29, 0.717) is 18.2 Å². The van der Waals surface area contributed by atoms with E-state index in [1.54, 1.807) is 0 Å². The molecule has 1 atom stereocenters. The molecule has 2 aromatic rings.